The Morgan fingerprint density at radius 2 is 2.00 bits per heavy atom. The minimum absolute atomic E-state index is 0.0804. The number of aromatic amines is 1. The maximum Gasteiger partial charge on any atom is 0.573 e. The number of ether oxygens (including phenoxy) is 2. The summed E-state index contributed by atoms with van der Waals surface area (Å²) in [7, 11) is 0. The summed E-state index contributed by atoms with van der Waals surface area (Å²) in [6.45, 7) is 0. The molecular weight excluding hydrogens is 283 g/mol. The summed E-state index contributed by atoms with van der Waals surface area (Å²) in [5.41, 5.74) is -0.424. The number of carboxylic acids is 1. The van der Waals surface area contributed by atoms with E-state index in [0.29, 0.717) is 0 Å². The lowest BCUT2D eigenvalue weighted by molar-refractivity contribution is -0.274. The van der Waals surface area contributed by atoms with Crippen LogP contribution in [-0.2, 0) is 0 Å². The number of alkyl halides is 3. The van der Waals surface area contributed by atoms with Gasteiger partial charge in [-0.05, 0) is 12.1 Å². The lowest BCUT2D eigenvalue weighted by Gasteiger charge is -2.09. The van der Waals surface area contributed by atoms with E-state index in [-0.39, 0.29) is 11.6 Å². The number of H-pyrrole nitrogens is 1. The third-order valence-electron chi connectivity index (χ3n) is 1.98. The molecule has 106 valence electrons. The summed E-state index contributed by atoms with van der Waals surface area (Å²) < 4.78 is 44.9. The van der Waals surface area contributed by atoms with E-state index >= 15 is 0 Å². The third kappa shape index (κ3) is 3.37. The molecule has 0 fully saturated rings. The molecule has 20 heavy (non-hydrogen) atoms. The molecular formula is C10H6F3N3O4. The number of nitrogens with one attached hydrogen (secondary N) is 1. The maximum absolute atomic E-state index is 12.1. The Kier molecular flexibility index (Phi) is 3.46. The summed E-state index contributed by atoms with van der Waals surface area (Å²) in [6, 6.07) is 4.57. The van der Waals surface area contributed by atoms with E-state index < -0.39 is 23.8 Å². The van der Waals surface area contributed by atoms with Gasteiger partial charge in [0.15, 0.2) is 0 Å². The van der Waals surface area contributed by atoms with Gasteiger partial charge in [0, 0.05) is 6.07 Å². The van der Waals surface area contributed by atoms with Crippen molar-refractivity contribution in [3.63, 3.8) is 0 Å². The lowest BCUT2D eigenvalue weighted by atomic mass is 10.3. The van der Waals surface area contributed by atoms with Crippen LogP contribution < -0.4 is 9.47 Å². The molecule has 2 rings (SSSR count). The standard InChI is InChI=1S/C10H6F3N3O4/c11-10(12,13)20-6-3-1-2-5(4-6)19-8-7(9(17)18)14-16-15-8/h1-4H,(H,17,18)(H,14,15,16). The number of nitrogens with zero attached hydrogens (tertiary/aromatic N) is 2. The van der Waals surface area contributed by atoms with Crippen molar-refractivity contribution in [2.24, 2.45) is 0 Å². The van der Waals surface area contributed by atoms with Crippen LogP contribution in [0, 0.1) is 0 Å². The van der Waals surface area contributed by atoms with Gasteiger partial charge in [-0.25, -0.2) is 9.89 Å². The van der Waals surface area contributed by atoms with Crippen LogP contribution >= 0.6 is 0 Å². The van der Waals surface area contributed by atoms with Crippen LogP contribution in [-0.4, -0.2) is 32.8 Å². The highest BCUT2D eigenvalue weighted by Crippen LogP contribution is 2.28. The first-order valence-corrected chi connectivity index (χ1v) is 5.03. The fraction of sp³-hybridized carbons (Fsp3) is 0.100. The van der Waals surface area contributed by atoms with Crippen molar-refractivity contribution >= 4 is 5.97 Å². The number of hydrogen-bond acceptors (Lipinski definition) is 5. The highest BCUT2D eigenvalue weighted by molar-refractivity contribution is 5.87. The topological polar surface area (TPSA) is 97.3 Å². The molecule has 1 aromatic heterocycles. The van der Waals surface area contributed by atoms with Crippen molar-refractivity contribution in [1.29, 1.82) is 0 Å². The second-order valence-electron chi connectivity index (χ2n) is 3.42. The molecule has 0 aliphatic heterocycles. The van der Waals surface area contributed by atoms with E-state index in [1.165, 1.54) is 12.1 Å². The first-order chi connectivity index (χ1) is 9.35. The Bertz CT molecular complexity index is 626. The zero-order chi connectivity index (χ0) is 14.8. The number of hydrogen-bond donors (Lipinski definition) is 2. The number of carbonyl (C=O) groups is 1. The molecule has 1 aromatic carbocycles. The molecule has 7 nitrogen and oxygen atoms in total. The van der Waals surface area contributed by atoms with Crippen LogP contribution in [0.2, 0.25) is 0 Å². The van der Waals surface area contributed by atoms with Gasteiger partial charge in [0.25, 0.3) is 5.88 Å². The number of aromatic nitrogens is 3. The zero-order valence-electron chi connectivity index (χ0n) is 9.51. The van der Waals surface area contributed by atoms with Gasteiger partial charge in [0.05, 0.1) is 0 Å². The molecule has 0 unspecified atom stereocenters. The van der Waals surface area contributed by atoms with Crippen LogP contribution in [0.25, 0.3) is 0 Å². The van der Waals surface area contributed by atoms with E-state index in [1.807, 2.05) is 0 Å². The lowest BCUT2D eigenvalue weighted by Crippen LogP contribution is -2.17. The Morgan fingerprint density at radius 1 is 1.30 bits per heavy atom. The van der Waals surface area contributed by atoms with E-state index in [0.717, 1.165) is 12.1 Å². The summed E-state index contributed by atoms with van der Waals surface area (Å²) in [4.78, 5) is 10.8. The average Bonchev–Trinajstić information content (AvgIpc) is 2.75. The predicted molar refractivity (Wildman–Crippen MR) is 56.5 cm³/mol. The van der Waals surface area contributed by atoms with Crippen LogP contribution in [0.1, 0.15) is 10.5 Å². The summed E-state index contributed by atoms with van der Waals surface area (Å²) in [6.07, 6.45) is -4.83. The second-order valence-corrected chi connectivity index (χ2v) is 3.42. The number of aromatic carboxylic acids is 1. The van der Waals surface area contributed by atoms with Gasteiger partial charge >= 0.3 is 12.3 Å². The molecule has 0 saturated carbocycles. The van der Waals surface area contributed by atoms with Crippen LogP contribution in [0.15, 0.2) is 24.3 Å². The number of benzene rings is 1. The SMILES string of the molecule is O=C(O)c1[nH]nnc1Oc1cccc(OC(F)(F)F)c1. The fourth-order valence-electron chi connectivity index (χ4n) is 1.28. The Morgan fingerprint density at radius 3 is 2.65 bits per heavy atom. The maximum atomic E-state index is 12.1. The molecule has 2 N–H and O–H groups in total. The quantitative estimate of drug-likeness (QED) is 0.895. The van der Waals surface area contributed by atoms with Gasteiger partial charge in [-0.3, -0.25) is 0 Å². The molecule has 0 spiro atoms. The van der Waals surface area contributed by atoms with Gasteiger partial charge in [0.1, 0.15) is 11.5 Å². The molecule has 0 aliphatic rings. The zero-order valence-corrected chi connectivity index (χ0v) is 9.51. The minimum atomic E-state index is -4.83. The van der Waals surface area contributed by atoms with E-state index in [2.05, 4.69) is 20.1 Å². The summed E-state index contributed by atoms with van der Waals surface area (Å²) in [5.74, 6) is -2.33. The predicted octanol–water partition coefficient (Wildman–Crippen LogP) is 2.19. The average molecular weight is 289 g/mol. The fourth-order valence-corrected chi connectivity index (χ4v) is 1.28. The Labute approximate surface area is 108 Å². The molecule has 0 bridgehead atoms. The molecule has 2 aromatic rings. The van der Waals surface area contributed by atoms with Gasteiger partial charge in [-0.1, -0.05) is 16.4 Å². The largest absolute Gasteiger partial charge is 0.573 e. The number of carboxylic acid groups (broad SMARTS) is 1. The molecule has 0 aliphatic carbocycles. The van der Waals surface area contributed by atoms with Crippen molar-refractivity contribution in [3.8, 4) is 17.4 Å². The monoisotopic (exact) mass is 289 g/mol. The van der Waals surface area contributed by atoms with Crippen molar-refractivity contribution in [2.45, 2.75) is 6.36 Å². The first-order valence-electron chi connectivity index (χ1n) is 5.03. The van der Waals surface area contributed by atoms with Crippen molar-refractivity contribution in [1.82, 2.24) is 15.4 Å². The molecule has 0 amide bonds. The van der Waals surface area contributed by atoms with E-state index in [1.54, 1.807) is 0 Å². The normalized spacial score (nSPS) is 11.2. The van der Waals surface area contributed by atoms with Crippen LogP contribution in [0.5, 0.6) is 17.4 Å². The Hall–Kier alpha value is -2.78. The van der Waals surface area contributed by atoms with Gasteiger partial charge in [-0.15, -0.1) is 13.2 Å². The van der Waals surface area contributed by atoms with Crippen LogP contribution in [0.3, 0.4) is 0 Å². The van der Waals surface area contributed by atoms with Crippen molar-refractivity contribution in [3.05, 3.63) is 30.0 Å². The minimum Gasteiger partial charge on any atom is -0.476 e. The summed E-state index contributed by atoms with van der Waals surface area (Å²) >= 11 is 0. The number of rotatable bonds is 4. The van der Waals surface area contributed by atoms with Gasteiger partial charge < -0.3 is 14.6 Å². The molecule has 10 heteroatoms. The van der Waals surface area contributed by atoms with E-state index in [4.69, 9.17) is 9.84 Å². The smallest absolute Gasteiger partial charge is 0.476 e. The molecule has 1 heterocycles. The van der Waals surface area contributed by atoms with E-state index in [9.17, 15) is 18.0 Å². The van der Waals surface area contributed by atoms with Crippen molar-refractivity contribution in [2.75, 3.05) is 0 Å². The highest BCUT2D eigenvalue weighted by atomic mass is 19.4. The highest BCUT2D eigenvalue weighted by Gasteiger charge is 2.31. The van der Waals surface area contributed by atoms with Gasteiger partial charge in [0.2, 0.25) is 5.69 Å². The Balaban J connectivity index is 2.20. The van der Waals surface area contributed by atoms with Crippen molar-refractivity contribution < 1.29 is 32.5 Å². The summed E-state index contributed by atoms with van der Waals surface area (Å²) in [5, 5.41) is 17.5. The molecule has 0 atom stereocenters. The first kappa shape index (κ1) is 13.6. The molecule has 0 radical (unpaired) electrons. The third-order valence-corrected chi connectivity index (χ3v) is 1.98. The molecule has 0 saturated heterocycles. The number of halogens is 3. The second kappa shape index (κ2) is 5.07. The van der Waals surface area contributed by atoms with Gasteiger partial charge in [-0.2, -0.15) is 0 Å². The van der Waals surface area contributed by atoms with Crippen LogP contribution in [0.4, 0.5) is 13.2 Å².